The summed E-state index contributed by atoms with van der Waals surface area (Å²) in [4.78, 5) is 25.4. The Morgan fingerprint density at radius 1 is 1.43 bits per heavy atom. The third kappa shape index (κ3) is 3.95. The Bertz CT molecular complexity index is 546. The van der Waals surface area contributed by atoms with Gasteiger partial charge in [0, 0.05) is 18.7 Å². The van der Waals surface area contributed by atoms with Crippen LogP contribution < -0.4 is 4.74 Å². The Morgan fingerprint density at radius 3 is 2.76 bits per heavy atom. The Hall–Kier alpha value is -1.59. The molecule has 6 heteroatoms. The number of hydrogen-bond acceptors (Lipinski definition) is 5. The molecule has 0 amide bonds. The van der Waals surface area contributed by atoms with Crippen molar-refractivity contribution in [2.45, 2.75) is 19.4 Å². The maximum atomic E-state index is 11.8. The SMILES string of the molecule is CCOC(=O)C(=O)c1ccc(OC2CCN(C)C2)c(Cl)c1. The van der Waals surface area contributed by atoms with Gasteiger partial charge in [0.25, 0.3) is 5.78 Å². The first kappa shape index (κ1) is 15.8. The molecule has 0 bridgehead atoms. The quantitative estimate of drug-likeness (QED) is 0.474. The highest BCUT2D eigenvalue weighted by molar-refractivity contribution is 6.41. The summed E-state index contributed by atoms with van der Waals surface area (Å²) < 4.78 is 10.5. The number of ketones is 1. The molecule has 1 aliphatic heterocycles. The zero-order chi connectivity index (χ0) is 15.4. The van der Waals surface area contributed by atoms with E-state index < -0.39 is 11.8 Å². The molecule has 1 aliphatic rings. The fraction of sp³-hybridized carbons (Fsp3) is 0.467. The van der Waals surface area contributed by atoms with Crippen LogP contribution in [0.15, 0.2) is 18.2 Å². The van der Waals surface area contributed by atoms with Crippen molar-refractivity contribution in [3.63, 3.8) is 0 Å². The lowest BCUT2D eigenvalue weighted by Gasteiger charge is -2.15. The average Bonchev–Trinajstić information content (AvgIpc) is 2.86. The van der Waals surface area contributed by atoms with Crippen LogP contribution in [0.5, 0.6) is 5.75 Å². The first-order valence-electron chi connectivity index (χ1n) is 6.87. The van der Waals surface area contributed by atoms with Crippen LogP contribution in [-0.2, 0) is 9.53 Å². The molecule has 1 aromatic rings. The van der Waals surface area contributed by atoms with E-state index in [0.717, 1.165) is 19.5 Å². The van der Waals surface area contributed by atoms with Crippen molar-refractivity contribution < 1.29 is 19.1 Å². The van der Waals surface area contributed by atoms with Gasteiger partial charge in [0.15, 0.2) is 0 Å². The number of hydrogen-bond donors (Lipinski definition) is 0. The minimum atomic E-state index is -0.875. The molecule has 1 atom stereocenters. The monoisotopic (exact) mass is 311 g/mol. The number of nitrogens with zero attached hydrogens (tertiary/aromatic N) is 1. The molecule has 2 rings (SSSR count). The molecule has 0 aromatic heterocycles. The summed E-state index contributed by atoms with van der Waals surface area (Å²) >= 11 is 6.13. The Balaban J connectivity index is 2.06. The molecule has 0 spiro atoms. The van der Waals surface area contributed by atoms with E-state index in [4.69, 9.17) is 16.3 Å². The lowest BCUT2D eigenvalue weighted by atomic mass is 10.1. The first-order chi connectivity index (χ1) is 10.0. The number of rotatable bonds is 5. The van der Waals surface area contributed by atoms with E-state index in [9.17, 15) is 9.59 Å². The number of ether oxygens (including phenoxy) is 2. The van der Waals surface area contributed by atoms with Crippen molar-refractivity contribution in [3.8, 4) is 5.75 Å². The molecule has 0 saturated carbocycles. The number of Topliss-reactive ketones (excluding diaryl/α,β-unsaturated/α-hetero) is 1. The van der Waals surface area contributed by atoms with Crippen molar-refractivity contribution in [3.05, 3.63) is 28.8 Å². The van der Waals surface area contributed by atoms with Gasteiger partial charge in [0.2, 0.25) is 0 Å². The van der Waals surface area contributed by atoms with Gasteiger partial charge in [-0.15, -0.1) is 0 Å². The number of likely N-dealkylation sites (tertiary alicyclic amines) is 1. The molecule has 1 saturated heterocycles. The third-order valence-corrected chi connectivity index (χ3v) is 3.59. The summed E-state index contributed by atoms with van der Waals surface area (Å²) in [6.45, 7) is 3.64. The fourth-order valence-corrected chi connectivity index (χ4v) is 2.45. The van der Waals surface area contributed by atoms with E-state index >= 15 is 0 Å². The van der Waals surface area contributed by atoms with Crippen LogP contribution in [0.3, 0.4) is 0 Å². The van der Waals surface area contributed by atoms with Gasteiger partial charge in [-0.2, -0.15) is 0 Å². The predicted molar refractivity (Wildman–Crippen MR) is 78.9 cm³/mol. The van der Waals surface area contributed by atoms with Crippen LogP contribution >= 0.6 is 11.6 Å². The highest BCUT2D eigenvalue weighted by atomic mass is 35.5. The fourth-order valence-electron chi connectivity index (χ4n) is 2.22. The smallest absolute Gasteiger partial charge is 0.379 e. The van der Waals surface area contributed by atoms with Crippen LogP contribution in [0.1, 0.15) is 23.7 Å². The molecule has 114 valence electrons. The molecule has 1 heterocycles. The second-order valence-electron chi connectivity index (χ2n) is 4.99. The Labute approximate surface area is 128 Å². The second-order valence-corrected chi connectivity index (χ2v) is 5.39. The number of carbonyl (C=O) groups excluding carboxylic acids is 2. The van der Waals surface area contributed by atoms with Crippen LogP contribution in [0, 0.1) is 0 Å². The minimum absolute atomic E-state index is 0.0964. The number of carbonyl (C=O) groups is 2. The maximum Gasteiger partial charge on any atom is 0.379 e. The van der Waals surface area contributed by atoms with Crippen LogP contribution in [0.4, 0.5) is 0 Å². The van der Waals surface area contributed by atoms with Gasteiger partial charge in [0.1, 0.15) is 11.9 Å². The number of esters is 1. The van der Waals surface area contributed by atoms with Crippen LogP contribution in [-0.4, -0.2) is 49.5 Å². The van der Waals surface area contributed by atoms with Crippen LogP contribution in [0.25, 0.3) is 0 Å². The molecular formula is C15H18ClNO4. The maximum absolute atomic E-state index is 11.8. The molecule has 1 fully saturated rings. The molecule has 1 aromatic carbocycles. The van der Waals surface area contributed by atoms with Crippen molar-refractivity contribution in [2.75, 3.05) is 26.7 Å². The highest BCUT2D eigenvalue weighted by Crippen LogP contribution is 2.28. The largest absolute Gasteiger partial charge is 0.487 e. The zero-order valence-corrected chi connectivity index (χ0v) is 12.9. The second kappa shape index (κ2) is 6.91. The number of halogens is 1. The van der Waals surface area contributed by atoms with E-state index in [2.05, 4.69) is 9.64 Å². The van der Waals surface area contributed by atoms with Crippen molar-refractivity contribution in [1.29, 1.82) is 0 Å². The Morgan fingerprint density at radius 2 is 2.19 bits per heavy atom. The van der Waals surface area contributed by atoms with Gasteiger partial charge in [-0.05, 0) is 38.6 Å². The minimum Gasteiger partial charge on any atom is -0.487 e. The van der Waals surface area contributed by atoms with Gasteiger partial charge in [-0.3, -0.25) is 4.79 Å². The molecular weight excluding hydrogens is 294 g/mol. The van der Waals surface area contributed by atoms with Gasteiger partial charge < -0.3 is 14.4 Å². The van der Waals surface area contributed by atoms with E-state index in [0.29, 0.717) is 10.8 Å². The van der Waals surface area contributed by atoms with E-state index in [1.54, 1.807) is 13.0 Å². The van der Waals surface area contributed by atoms with E-state index in [1.807, 2.05) is 7.05 Å². The van der Waals surface area contributed by atoms with E-state index in [-0.39, 0.29) is 18.3 Å². The number of likely N-dealkylation sites (N-methyl/N-ethyl adjacent to an activating group) is 1. The summed E-state index contributed by atoms with van der Waals surface area (Å²) in [5.74, 6) is -1.05. The van der Waals surface area contributed by atoms with E-state index in [1.165, 1.54) is 12.1 Å². The summed E-state index contributed by atoms with van der Waals surface area (Å²) in [6, 6.07) is 4.58. The molecule has 5 nitrogen and oxygen atoms in total. The molecule has 0 N–H and O–H groups in total. The van der Waals surface area contributed by atoms with Crippen molar-refractivity contribution in [1.82, 2.24) is 4.90 Å². The number of benzene rings is 1. The van der Waals surface area contributed by atoms with Crippen LogP contribution in [0.2, 0.25) is 5.02 Å². The molecule has 0 aliphatic carbocycles. The topological polar surface area (TPSA) is 55.8 Å². The zero-order valence-electron chi connectivity index (χ0n) is 12.1. The summed E-state index contributed by atoms with van der Waals surface area (Å²) in [5, 5.41) is 0.319. The lowest BCUT2D eigenvalue weighted by Crippen LogP contribution is -2.21. The summed E-state index contributed by atoms with van der Waals surface area (Å²) in [6.07, 6.45) is 1.04. The summed E-state index contributed by atoms with van der Waals surface area (Å²) in [7, 11) is 2.03. The third-order valence-electron chi connectivity index (χ3n) is 3.30. The average molecular weight is 312 g/mol. The van der Waals surface area contributed by atoms with Crippen molar-refractivity contribution >= 4 is 23.4 Å². The normalized spacial score (nSPS) is 18.5. The lowest BCUT2D eigenvalue weighted by molar-refractivity contribution is -0.137. The standard InChI is InChI=1S/C15H18ClNO4/c1-3-20-15(19)14(18)10-4-5-13(12(16)8-10)21-11-6-7-17(2)9-11/h4-5,8,11H,3,6-7,9H2,1-2H3. The molecule has 1 unspecified atom stereocenters. The van der Waals surface area contributed by atoms with Gasteiger partial charge in [-0.25, -0.2) is 4.79 Å². The van der Waals surface area contributed by atoms with Gasteiger partial charge >= 0.3 is 5.97 Å². The molecule has 21 heavy (non-hydrogen) atoms. The Kier molecular flexibility index (Phi) is 5.20. The highest BCUT2D eigenvalue weighted by Gasteiger charge is 2.23. The van der Waals surface area contributed by atoms with Gasteiger partial charge in [-0.1, -0.05) is 11.6 Å². The molecule has 0 radical (unpaired) electrons. The van der Waals surface area contributed by atoms with Crippen molar-refractivity contribution in [2.24, 2.45) is 0 Å². The first-order valence-corrected chi connectivity index (χ1v) is 7.25. The van der Waals surface area contributed by atoms with Gasteiger partial charge in [0.05, 0.1) is 11.6 Å². The summed E-state index contributed by atoms with van der Waals surface area (Å²) in [5.41, 5.74) is 0.203. The predicted octanol–water partition coefficient (Wildman–Crippen LogP) is 2.17.